The summed E-state index contributed by atoms with van der Waals surface area (Å²) >= 11 is 0. The molecule has 3 N–H and O–H groups in total. The van der Waals surface area contributed by atoms with Crippen LogP contribution in [-0.2, 0) is 6.54 Å². The molecular formula is C25H18N6O2. The van der Waals surface area contributed by atoms with E-state index in [0.717, 1.165) is 16.5 Å². The Hall–Kier alpha value is -4.90. The van der Waals surface area contributed by atoms with Crippen molar-refractivity contribution in [2.24, 2.45) is 0 Å². The summed E-state index contributed by atoms with van der Waals surface area (Å²) in [5.41, 5.74) is 4.09. The number of H-pyrrole nitrogens is 2. The smallest absolute Gasteiger partial charge is 0.257 e. The van der Waals surface area contributed by atoms with Crippen LogP contribution in [-0.4, -0.2) is 25.7 Å². The molecule has 0 unspecified atom stereocenters. The fraction of sp³-hybridized carbons (Fsp3) is 0.0400. The average Bonchev–Trinajstić information content (AvgIpc) is 3.46. The van der Waals surface area contributed by atoms with Crippen LogP contribution in [0.25, 0.3) is 22.2 Å². The quantitative estimate of drug-likeness (QED) is 0.389. The summed E-state index contributed by atoms with van der Waals surface area (Å²) < 4.78 is 1.69. The highest BCUT2D eigenvalue weighted by molar-refractivity contribution is 6.04. The van der Waals surface area contributed by atoms with E-state index in [1.807, 2.05) is 42.5 Å². The second-order valence-corrected chi connectivity index (χ2v) is 7.59. The Morgan fingerprint density at radius 3 is 2.73 bits per heavy atom. The molecule has 0 spiro atoms. The van der Waals surface area contributed by atoms with Gasteiger partial charge in [-0.3, -0.25) is 14.3 Å². The zero-order valence-electron chi connectivity index (χ0n) is 17.4. The molecule has 0 aliphatic rings. The van der Waals surface area contributed by atoms with Crippen LogP contribution in [0.4, 0.5) is 5.69 Å². The summed E-state index contributed by atoms with van der Waals surface area (Å²) in [4.78, 5) is 31.1. The number of rotatable bonds is 5. The molecule has 3 heterocycles. The van der Waals surface area contributed by atoms with Crippen molar-refractivity contribution in [3.8, 4) is 17.3 Å². The van der Waals surface area contributed by atoms with E-state index < -0.39 is 0 Å². The highest BCUT2D eigenvalue weighted by Crippen LogP contribution is 2.22. The summed E-state index contributed by atoms with van der Waals surface area (Å²) in [6, 6.07) is 20.5. The van der Waals surface area contributed by atoms with Crippen molar-refractivity contribution in [2.45, 2.75) is 6.54 Å². The molecule has 2 aromatic carbocycles. The first-order valence-electron chi connectivity index (χ1n) is 10.2. The molecule has 0 saturated carbocycles. The van der Waals surface area contributed by atoms with E-state index in [9.17, 15) is 9.59 Å². The molecule has 0 saturated heterocycles. The lowest BCUT2D eigenvalue weighted by Gasteiger charge is -2.05. The van der Waals surface area contributed by atoms with Gasteiger partial charge in [0.15, 0.2) is 0 Å². The zero-order valence-corrected chi connectivity index (χ0v) is 17.4. The van der Waals surface area contributed by atoms with Gasteiger partial charge in [0.25, 0.3) is 11.5 Å². The lowest BCUT2D eigenvalue weighted by molar-refractivity contribution is 0.102. The Bertz CT molecular complexity index is 1530. The van der Waals surface area contributed by atoms with E-state index in [1.54, 1.807) is 35.3 Å². The Kier molecular flexibility index (Phi) is 5.05. The molecule has 160 valence electrons. The topological polar surface area (TPSA) is 119 Å². The first-order valence-corrected chi connectivity index (χ1v) is 10.2. The standard InChI is InChI=1S/C25H18N6O2/c26-11-16-5-7-17(8-6-16)14-31-15-20(13-28-31)29-24(32)19-9-21(25(33)27-12-19)23-10-18-3-1-2-4-22(18)30-23/h1-10,12-13,15,30H,14H2,(H,27,33)(H,29,32). The zero-order chi connectivity index (χ0) is 22.8. The molecule has 8 heteroatoms. The van der Waals surface area contributed by atoms with Crippen molar-refractivity contribution < 1.29 is 4.79 Å². The number of nitrogens with zero attached hydrogens (tertiary/aromatic N) is 3. The van der Waals surface area contributed by atoms with Gasteiger partial charge in [-0.25, -0.2) is 0 Å². The predicted molar refractivity (Wildman–Crippen MR) is 125 cm³/mol. The van der Waals surface area contributed by atoms with Crippen LogP contribution in [0.2, 0.25) is 0 Å². The van der Waals surface area contributed by atoms with Crippen LogP contribution >= 0.6 is 0 Å². The SMILES string of the molecule is N#Cc1ccc(Cn2cc(NC(=O)c3c[nH]c(=O)c(-c4cc5ccccc5[nH]4)c3)cn2)cc1. The average molecular weight is 434 g/mol. The van der Waals surface area contributed by atoms with Crippen LogP contribution < -0.4 is 10.9 Å². The highest BCUT2D eigenvalue weighted by atomic mass is 16.2. The van der Waals surface area contributed by atoms with E-state index >= 15 is 0 Å². The molecular weight excluding hydrogens is 416 g/mol. The molecule has 0 radical (unpaired) electrons. The Morgan fingerprint density at radius 1 is 1.12 bits per heavy atom. The number of aromatic nitrogens is 4. The Labute approximate surface area is 188 Å². The summed E-state index contributed by atoms with van der Waals surface area (Å²) in [7, 11) is 0. The maximum absolute atomic E-state index is 12.8. The number of hydrogen-bond acceptors (Lipinski definition) is 4. The number of pyridine rings is 1. The normalized spacial score (nSPS) is 10.8. The maximum atomic E-state index is 12.8. The van der Waals surface area contributed by atoms with Gasteiger partial charge in [0.1, 0.15) is 0 Å². The van der Waals surface area contributed by atoms with Gasteiger partial charge < -0.3 is 15.3 Å². The minimum Gasteiger partial charge on any atom is -0.354 e. The van der Waals surface area contributed by atoms with Crippen LogP contribution in [0.1, 0.15) is 21.5 Å². The van der Waals surface area contributed by atoms with Gasteiger partial charge in [0, 0.05) is 23.3 Å². The van der Waals surface area contributed by atoms with E-state index in [4.69, 9.17) is 5.26 Å². The summed E-state index contributed by atoms with van der Waals surface area (Å²) in [6.45, 7) is 0.505. The van der Waals surface area contributed by atoms with Crippen molar-refractivity contribution in [3.63, 3.8) is 0 Å². The van der Waals surface area contributed by atoms with E-state index in [0.29, 0.717) is 34.6 Å². The molecule has 8 nitrogen and oxygen atoms in total. The van der Waals surface area contributed by atoms with Crippen LogP contribution in [0.5, 0.6) is 0 Å². The van der Waals surface area contributed by atoms with Gasteiger partial charge in [0.05, 0.1) is 46.9 Å². The van der Waals surface area contributed by atoms with Crippen LogP contribution in [0, 0.1) is 11.3 Å². The largest absolute Gasteiger partial charge is 0.354 e. The Balaban J connectivity index is 1.33. The van der Waals surface area contributed by atoms with E-state index in [-0.39, 0.29) is 11.5 Å². The number of carbonyl (C=O) groups is 1. The molecule has 5 aromatic rings. The van der Waals surface area contributed by atoms with Crippen molar-refractivity contribution in [1.29, 1.82) is 5.26 Å². The number of aromatic amines is 2. The Morgan fingerprint density at radius 2 is 1.94 bits per heavy atom. The molecule has 1 amide bonds. The molecule has 5 rings (SSSR count). The van der Waals surface area contributed by atoms with E-state index in [2.05, 4.69) is 26.5 Å². The molecule has 33 heavy (non-hydrogen) atoms. The van der Waals surface area contributed by atoms with Crippen molar-refractivity contribution >= 4 is 22.5 Å². The minimum absolute atomic E-state index is 0.284. The highest BCUT2D eigenvalue weighted by Gasteiger charge is 2.13. The molecule has 0 aliphatic carbocycles. The number of nitriles is 1. The first-order chi connectivity index (χ1) is 16.1. The van der Waals surface area contributed by atoms with Crippen molar-refractivity contribution in [1.82, 2.24) is 19.7 Å². The molecule has 0 bridgehead atoms. The van der Waals surface area contributed by atoms with Crippen molar-refractivity contribution in [3.05, 3.63) is 106 Å². The molecule has 0 aliphatic heterocycles. The van der Waals surface area contributed by atoms with E-state index in [1.165, 1.54) is 6.20 Å². The number of anilines is 1. The fourth-order valence-electron chi connectivity index (χ4n) is 3.62. The predicted octanol–water partition coefficient (Wildman–Crippen LogP) is 3.89. The third kappa shape index (κ3) is 4.16. The van der Waals surface area contributed by atoms with Crippen molar-refractivity contribution in [2.75, 3.05) is 5.32 Å². The van der Waals surface area contributed by atoms with Gasteiger partial charge in [-0.05, 0) is 35.9 Å². The van der Waals surface area contributed by atoms with Gasteiger partial charge >= 0.3 is 0 Å². The number of benzene rings is 2. The lowest BCUT2D eigenvalue weighted by Crippen LogP contribution is -2.16. The monoisotopic (exact) mass is 434 g/mol. The summed E-state index contributed by atoms with van der Waals surface area (Å²) in [6.07, 6.45) is 4.68. The number of para-hydroxylation sites is 1. The van der Waals surface area contributed by atoms with Gasteiger partial charge in [0.2, 0.25) is 0 Å². The third-order valence-corrected chi connectivity index (χ3v) is 5.30. The minimum atomic E-state index is -0.360. The number of carbonyl (C=O) groups excluding carboxylic acids is 1. The molecule has 3 aromatic heterocycles. The number of fused-ring (bicyclic) bond motifs is 1. The second kappa shape index (κ2) is 8.32. The first kappa shape index (κ1) is 20.0. The third-order valence-electron chi connectivity index (χ3n) is 5.30. The number of nitrogens with one attached hydrogen (secondary N) is 3. The summed E-state index contributed by atoms with van der Waals surface area (Å²) in [5, 5.41) is 17.0. The lowest BCUT2D eigenvalue weighted by atomic mass is 10.1. The van der Waals surface area contributed by atoms with Gasteiger partial charge in [-0.1, -0.05) is 30.3 Å². The fourth-order valence-corrected chi connectivity index (χ4v) is 3.62. The number of amides is 1. The molecule has 0 atom stereocenters. The van der Waals surface area contributed by atoms with Gasteiger partial charge in [-0.15, -0.1) is 0 Å². The van der Waals surface area contributed by atoms with Crippen LogP contribution in [0.3, 0.4) is 0 Å². The van der Waals surface area contributed by atoms with Gasteiger partial charge in [-0.2, -0.15) is 10.4 Å². The molecule has 0 fully saturated rings. The van der Waals surface area contributed by atoms with Crippen LogP contribution in [0.15, 0.2) is 84.0 Å². The maximum Gasteiger partial charge on any atom is 0.257 e. The number of hydrogen-bond donors (Lipinski definition) is 3. The summed E-state index contributed by atoms with van der Waals surface area (Å²) in [5.74, 6) is -0.360. The second-order valence-electron chi connectivity index (χ2n) is 7.59.